The van der Waals surface area contributed by atoms with Crippen molar-refractivity contribution in [3.63, 3.8) is 0 Å². The molecule has 7 nitrogen and oxygen atoms in total. The average molecular weight is 389 g/mol. The van der Waals surface area contributed by atoms with Gasteiger partial charge in [0, 0.05) is 30.3 Å². The summed E-state index contributed by atoms with van der Waals surface area (Å²) in [6, 6.07) is 8.51. The zero-order chi connectivity index (χ0) is 19.6. The van der Waals surface area contributed by atoms with Crippen molar-refractivity contribution in [1.29, 1.82) is 0 Å². The quantitative estimate of drug-likeness (QED) is 0.802. The van der Waals surface area contributed by atoms with E-state index in [4.69, 9.17) is 9.47 Å². The van der Waals surface area contributed by atoms with Gasteiger partial charge in [0.25, 0.3) is 5.56 Å². The second kappa shape index (κ2) is 7.64. The SMILES string of the molecule is COc1ccc2c(c1)O[C@H](Cn1ncccc1=O)CC2=N[S@@](=O)C(C)(C)C. The second-order valence-corrected chi connectivity index (χ2v) is 9.16. The van der Waals surface area contributed by atoms with Crippen LogP contribution in [-0.2, 0) is 17.5 Å². The van der Waals surface area contributed by atoms with E-state index >= 15 is 0 Å². The van der Waals surface area contributed by atoms with E-state index in [2.05, 4.69) is 9.50 Å². The highest BCUT2D eigenvalue weighted by Gasteiger charge is 2.28. The fourth-order valence-electron chi connectivity index (χ4n) is 2.65. The summed E-state index contributed by atoms with van der Waals surface area (Å²) in [4.78, 5) is 12.0. The Kier molecular flexibility index (Phi) is 5.46. The van der Waals surface area contributed by atoms with Gasteiger partial charge in [-0.05, 0) is 39.0 Å². The van der Waals surface area contributed by atoms with Gasteiger partial charge in [-0.2, -0.15) is 9.50 Å². The third kappa shape index (κ3) is 4.44. The number of nitrogens with zero attached hydrogens (tertiary/aromatic N) is 3. The largest absolute Gasteiger partial charge is 0.497 e. The van der Waals surface area contributed by atoms with E-state index in [-0.39, 0.29) is 18.2 Å². The Labute approximate surface area is 160 Å². The van der Waals surface area contributed by atoms with Crippen molar-refractivity contribution in [2.45, 2.75) is 44.6 Å². The second-order valence-electron chi connectivity index (χ2n) is 7.25. The number of hydrogen-bond acceptors (Lipinski definition) is 5. The maximum Gasteiger partial charge on any atom is 0.266 e. The lowest BCUT2D eigenvalue weighted by molar-refractivity contribution is 0.173. The van der Waals surface area contributed by atoms with Gasteiger partial charge >= 0.3 is 0 Å². The van der Waals surface area contributed by atoms with E-state index in [1.165, 1.54) is 10.7 Å². The van der Waals surface area contributed by atoms with Crippen LogP contribution in [0.5, 0.6) is 11.5 Å². The predicted molar refractivity (Wildman–Crippen MR) is 105 cm³/mol. The molecule has 0 saturated heterocycles. The van der Waals surface area contributed by atoms with E-state index < -0.39 is 15.7 Å². The Morgan fingerprint density at radius 2 is 2.15 bits per heavy atom. The molecule has 1 aliphatic heterocycles. The Morgan fingerprint density at radius 1 is 1.37 bits per heavy atom. The highest BCUT2D eigenvalue weighted by molar-refractivity contribution is 7.85. The van der Waals surface area contributed by atoms with E-state index in [1.54, 1.807) is 25.4 Å². The van der Waals surface area contributed by atoms with Crippen molar-refractivity contribution in [3.05, 3.63) is 52.4 Å². The fourth-order valence-corrected chi connectivity index (χ4v) is 3.30. The summed E-state index contributed by atoms with van der Waals surface area (Å²) in [5, 5.41) is 4.09. The molecule has 0 radical (unpaired) electrons. The van der Waals surface area contributed by atoms with Crippen molar-refractivity contribution in [3.8, 4) is 11.5 Å². The Morgan fingerprint density at radius 3 is 2.81 bits per heavy atom. The maximum atomic E-state index is 12.6. The molecule has 2 heterocycles. The highest BCUT2D eigenvalue weighted by Crippen LogP contribution is 2.33. The molecule has 2 atom stereocenters. The van der Waals surface area contributed by atoms with Gasteiger partial charge in [0.05, 0.1) is 24.1 Å². The van der Waals surface area contributed by atoms with Gasteiger partial charge in [0.15, 0.2) is 0 Å². The van der Waals surface area contributed by atoms with Crippen LogP contribution in [0.4, 0.5) is 0 Å². The third-order valence-corrected chi connectivity index (χ3v) is 5.53. The number of rotatable bonds is 4. The Balaban J connectivity index is 1.98. The first-order chi connectivity index (χ1) is 12.8. The normalized spacial score (nSPS) is 19.3. The molecule has 1 aromatic heterocycles. The summed E-state index contributed by atoms with van der Waals surface area (Å²) in [6.07, 6.45) is 1.64. The Hall–Kier alpha value is -2.48. The average Bonchev–Trinajstić information content (AvgIpc) is 2.62. The lowest BCUT2D eigenvalue weighted by atomic mass is 9.99. The fraction of sp³-hybridized carbons (Fsp3) is 0.421. The standard InChI is InChI=1S/C19H23N3O4S/c1-19(2,3)27(24)21-16-10-14(12-22-18(23)6-5-9-20-22)26-17-11-13(25-4)7-8-15(16)17/h5-9,11,14H,10,12H2,1-4H3/t14-,27-/m0/s1. The van der Waals surface area contributed by atoms with Crippen LogP contribution in [0.1, 0.15) is 32.8 Å². The van der Waals surface area contributed by atoms with Gasteiger partial charge in [0.1, 0.15) is 28.6 Å². The molecule has 8 heteroatoms. The van der Waals surface area contributed by atoms with E-state index in [9.17, 15) is 9.00 Å². The van der Waals surface area contributed by atoms with Crippen molar-refractivity contribution < 1.29 is 13.7 Å². The first-order valence-electron chi connectivity index (χ1n) is 8.64. The van der Waals surface area contributed by atoms with Crippen LogP contribution >= 0.6 is 0 Å². The van der Waals surface area contributed by atoms with Crippen molar-refractivity contribution in [1.82, 2.24) is 9.78 Å². The molecule has 1 aromatic carbocycles. The van der Waals surface area contributed by atoms with Crippen LogP contribution in [0, 0.1) is 0 Å². The van der Waals surface area contributed by atoms with Crippen molar-refractivity contribution in [2.75, 3.05) is 7.11 Å². The molecule has 144 valence electrons. The van der Waals surface area contributed by atoms with Crippen LogP contribution in [0.15, 0.2) is 45.7 Å². The minimum absolute atomic E-state index is 0.200. The summed E-state index contributed by atoms with van der Waals surface area (Å²) in [5.41, 5.74) is 1.29. The monoisotopic (exact) mass is 389 g/mol. The first-order valence-corrected chi connectivity index (χ1v) is 9.75. The van der Waals surface area contributed by atoms with Crippen LogP contribution in [0.2, 0.25) is 0 Å². The molecule has 0 unspecified atom stereocenters. The minimum atomic E-state index is -1.40. The first kappa shape index (κ1) is 19.3. The predicted octanol–water partition coefficient (Wildman–Crippen LogP) is 2.35. The molecule has 0 bridgehead atoms. The summed E-state index contributed by atoms with van der Waals surface area (Å²) in [7, 11) is 0.184. The number of methoxy groups -OCH3 is 1. The number of hydrogen-bond donors (Lipinski definition) is 0. The van der Waals surface area contributed by atoms with Gasteiger partial charge in [-0.1, -0.05) is 0 Å². The lowest BCUT2D eigenvalue weighted by Crippen LogP contribution is -2.36. The molecule has 0 aliphatic carbocycles. The maximum absolute atomic E-state index is 12.6. The zero-order valence-corrected chi connectivity index (χ0v) is 16.7. The Bertz CT molecular complexity index is 946. The minimum Gasteiger partial charge on any atom is -0.497 e. The van der Waals surface area contributed by atoms with E-state index in [1.807, 2.05) is 32.9 Å². The molecule has 0 N–H and O–H groups in total. The van der Waals surface area contributed by atoms with Gasteiger partial charge in [-0.25, -0.2) is 8.89 Å². The number of benzene rings is 1. The van der Waals surface area contributed by atoms with Gasteiger partial charge < -0.3 is 9.47 Å². The summed E-state index contributed by atoms with van der Waals surface area (Å²) in [5.74, 6) is 1.25. The van der Waals surface area contributed by atoms with Crippen LogP contribution in [0.25, 0.3) is 0 Å². The zero-order valence-electron chi connectivity index (χ0n) is 15.8. The molecule has 2 aromatic rings. The number of fused-ring (bicyclic) bond motifs is 1. The number of ether oxygens (including phenoxy) is 2. The van der Waals surface area contributed by atoms with Crippen LogP contribution in [-0.4, -0.2) is 37.7 Å². The van der Waals surface area contributed by atoms with E-state index in [0.29, 0.717) is 23.6 Å². The topological polar surface area (TPSA) is 82.8 Å². The lowest BCUT2D eigenvalue weighted by Gasteiger charge is -2.28. The molecular formula is C19H23N3O4S. The summed E-state index contributed by atoms with van der Waals surface area (Å²) in [6.45, 7) is 5.92. The van der Waals surface area contributed by atoms with Crippen molar-refractivity contribution >= 4 is 16.7 Å². The summed E-state index contributed by atoms with van der Waals surface area (Å²) >= 11 is 0. The van der Waals surface area contributed by atoms with Gasteiger partial charge in [0.2, 0.25) is 0 Å². The highest BCUT2D eigenvalue weighted by atomic mass is 32.2. The van der Waals surface area contributed by atoms with E-state index in [0.717, 1.165) is 5.56 Å². The van der Waals surface area contributed by atoms with Gasteiger partial charge in [-0.15, -0.1) is 0 Å². The van der Waals surface area contributed by atoms with Gasteiger partial charge in [-0.3, -0.25) is 4.79 Å². The molecule has 3 rings (SSSR count). The molecule has 0 amide bonds. The molecular weight excluding hydrogens is 366 g/mol. The summed E-state index contributed by atoms with van der Waals surface area (Å²) < 4.78 is 29.3. The molecule has 27 heavy (non-hydrogen) atoms. The molecule has 0 fully saturated rings. The van der Waals surface area contributed by atoms with Crippen molar-refractivity contribution in [2.24, 2.45) is 4.40 Å². The van der Waals surface area contributed by atoms with Crippen LogP contribution in [0.3, 0.4) is 0 Å². The molecule has 0 spiro atoms. The smallest absolute Gasteiger partial charge is 0.266 e. The molecule has 1 aliphatic rings. The number of aromatic nitrogens is 2. The molecule has 0 saturated carbocycles. The third-order valence-electron chi connectivity index (χ3n) is 4.09. The van der Waals surface area contributed by atoms with Crippen LogP contribution < -0.4 is 15.0 Å².